The molecule has 0 atom stereocenters. The van der Waals surface area contributed by atoms with Crippen molar-refractivity contribution in [2.75, 3.05) is 41.9 Å². The Labute approximate surface area is 190 Å². The number of fused-ring (bicyclic) bond motifs is 1. The van der Waals surface area contributed by atoms with E-state index in [-0.39, 0.29) is 31.4 Å². The Morgan fingerprint density at radius 2 is 1.97 bits per heavy atom. The van der Waals surface area contributed by atoms with Crippen LogP contribution in [0.5, 0.6) is 0 Å². The molecule has 0 radical (unpaired) electrons. The van der Waals surface area contributed by atoms with Crippen LogP contribution in [-0.2, 0) is 21.2 Å². The molecule has 33 heavy (non-hydrogen) atoms. The molecule has 0 fully saturated rings. The van der Waals surface area contributed by atoms with Gasteiger partial charge in [0.05, 0.1) is 18.9 Å². The topological polar surface area (TPSA) is 108 Å². The maximum atomic E-state index is 14.5. The van der Waals surface area contributed by atoms with Gasteiger partial charge in [-0.3, -0.25) is 9.69 Å². The number of hydrogen-bond donors (Lipinski definition) is 2. The van der Waals surface area contributed by atoms with Crippen molar-refractivity contribution in [3.8, 4) is 0 Å². The molecule has 1 aromatic heterocycles. The molecule has 0 saturated carbocycles. The highest BCUT2D eigenvalue weighted by Crippen LogP contribution is 2.32. The zero-order chi connectivity index (χ0) is 24.6. The molecule has 0 spiro atoms. The first-order chi connectivity index (χ1) is 15.3. The fourth-order valence-electron chi connectivity index (χ4n) is 3.57. The molecule has 180 valence electrons. The summed E-state index contributed by atoms with van der Waals surface area (Å²) in [6, 6.07) is 5.07. The van der Waals surface area contributed by atoms with Crippen LogP contribution in [0, 0.1) is 11.2 Å². The Bertz CT molecular complexity index is 1160. The number of halogens is 3. The van der Waals surface area contributed by atoms with Crippen molar-refractivity contribution in [3.63, 3.8) is 0 Å². The third-order valence-corrected chi connectivity index (χ3v) is 6.34. The Kier molecular flexibility index (Phi) is 6.84. The molecule has 0 bridgehead atoms. The minimum Gasteiger partial charge on any atom is -0.325 e. The number of sulfonamides is 1. The summed E-state index contributed by atoms with van der Waals surface area (Å²) in [5.74, 6) is -2.00. The normalized spacial score (nSPS) is 13.9. The van der Waals surface area contributed by atoms with E-state index in [1.807, 2.05) is 0 Å². The largest absolute Gasteiger partial charge is 0.325 e. The minimum absolute atomic E-state index is 0.0654. The highest BCUT2D eigenvalue weighted by atomic mass is 32.2. The first kappa shape index (κ1) is 24.7. The molecule has 1 amide bonds. The van der Waals surface area contributed by atoms with Crippen molar-refractivity contribution >= 4 is 39.1 Å². The molecule has 0 saturated heterocycles. The van der Waals surface area contributed by atoms with Gasteiger partial charge in [-0.2, -0.15) is 13.8 Å². The first-order valence-corrected chi connectivity index (χ1v) is 11.8. The van der Waals surface area contributed by atoms with Gasteiger partial charge in [0.2, 0.25) is 21.9 Å². The lowest BCUT2D eigenvalue weighted by atomic mass is 9.93. The van der Waals surface area contributed by atoms with Gasteiger partial charge in [-0.05, 0) is 17.5 Å². The number of carbonyl (C=O) groups excluding carboxylic acids is 1. The number of aromatic nitrogens is 2. The molecule has 3 rings (SSSR count). The summed E-state index contributed by atoms with van der Waals surface area (Å²) in [7, 11) is -2.18. The summed E-state index contributed by atoms with van der Waals surface area (Å²) < 4.78 is 66.9. The lowest BCUT2D eigenvalue weighted by molar-refractivity contribution is -0.115. The third kappa shape index (κ3) is 5.90. The van der Waals surface area contributed by atoms with Crippen LogP contribution in [0.2, 0.25) is 0 Å². The average Bonchev–Trinajstić information content (AvgIpc) is 3.08. The molecule has 2 heterocycles. The van der Waals surface area contributed by atoms with Gasteiger partial charge in [-0.25, -0.2) is 22.1 Å². The Morgan fingerprint density at radius 1 is 1.27 bits per heavy atom. The van der Waals surface area contributed by atoms with Crippen LogP contribution >= 0.6 is 0 Å². The molecule has 1 aliphatic heterocycles. The second-order valence-electron chi connectivity index (χ2n) is 8.64. The van der Waals surface area contributed by atoms with Gasteiger partial charge >= 0.3 is 6.55 Å². The maximum Gasteiger partial charge on any atom is 0.316 e. The number of amides is 1. The number of alkyl halides is 2. The Morgan fingerprint density at radius 3 is 2.61 bits per heavy atom. The van der Waals surface area contributed by atoms with E-state index in [1.165, 1.54) is 7.05 Å². The number of benzene rings is 1. The predicted molar refractivity (Wildman–Crippen MR) is 119 cm³/mol. The van der Waals surface area contributed by atoms with Crippen LogP contribution in [-0.4, -0.2) is 61.5 Å². The van der Waals surface area contributed by atoms with E-state index in [4.69, 9.17) is 0 Å². The van der Waals surface area contributed by atoms with Gasteiger partial charge in [-0.1, -0.05) is 19.9 Å². The van der Waals surface area contributed by atoms with E-state index in [1.54, 1.807) is 32.0 Å². The number of nitrogens with one attached hydrogen (secondary N) is 2. The predicted octanol–water partition coefficient (Wildman–Crippen LogP) is 2.80. The van der Waals surface area contributed by atoms with Crippen molar-refractivity contribution in [1.82, 2.24) is 14.3 Å². The van der Waals surface area contributed by atoms with Crippen LogP contribution in [0.3, 0.4) is 0 Å². The van der Waals surface area contributed by atoms with E-state index < -0.39 is 33.6 Å². The SMILES string of the molecule is CN(CC(C)(C)CN(c1nc(Nc2cccc3c2CC(=O)N3)ncc1F)C(F)F)S(C)(=O)=O. The van der Waals surface area contributed by atoms with Crippen LogP contribution < -0.4 is 15.5 Å². The summed E-state index contributed by atoms with van der Waals surface area (Å²) in [5.41, 5.74) is 0.791. The molecule has 2 aromatic rings. The number of carbonyl (C=O) groups is 1. The molecule has 0 unspecified atom stereocenters. The fourth-order valence-corrected chi connectivity index (χ4v) is 4.16. The van der Waals surface area contributed by atoms with Crippen molar-refractivity contribution < 1.29 is 26.4 Å². The van der Waals surface area contributed by atoms with Crippen molar-refractivity contribution in [2.45, 2.75) is 26.8 Å². The van der Waals surface area contributed by atoms with E-state index in [9.17, 15) is 26.4 Å². The fraction of sp³-hybridized carbons (Fsp3) is 0.450. The Hall–Kier alpha value is -2.93. The standard InChI is InChI=1S/C20H25F3N6O3S/c1-20(2,10-28(3)33(4,31)32)11-29(18(22)23)17-13(21)9-24-19(27-17)26-15-7-5-6-14-12(15)8-16(30)25-14/h5-7,9,18H,8,10-11H2,1-4H3,(H,25,30)(H,24,26,27). The lowest BCUT2D eigenvalue weighted by Crippen LogP contribution is -2.45. The number of rotatable bonds is 9. The monoisotopic (exact) mass is 486 g/mol. The van der Waals surface area contributed by atoms with Gasteiger partial charge in [0.25, 0.3) is 0 Å². The quantitative estimate of drug-likeness (QED) is 0.525. The van der Waals surface area contributed by atoms with E-state index in [0.29, 0.717) is 21.8 Å². The molecular weight excluding hydrogens is 461 g/mol. The van der Waals surface area contributed by atoms with Crippen LogP contribution in [0.1, 0.15) is 19.4 Å². The molecule has 13 heteroatoms. The van der Waals surface area contributed by atoms with Gasteiger partial charge in [0, 0.05) is 37.1 Å². The van der Waals surface area contributed by atoms with Gasteiger partial charge in [0.1, 0.15) is 0 Å². The molecule has 1 aromatic carbocycles. The maximum absolute atomic E-state index is 14.5. The summed E-state index contributed by atoms with van der Waals surface area (Å²) in [6.07, 6.45) is 1.92. The van der Waals surface area contributed by atoms with Gasteiger partial charge in [-0.15, -0.1) is 0 Å². The molecule has 9 nitrogen and oxygen atoms in total. The van der Waals surface area contributed by atoms with Crippen molar-refractivity contribution in [2.24, 2.45) is 5.41 Å². The molecular formula is C20H25F3N6O3S. The third-order valence-electron chi connectivity index (χ3n) is 5.08. The smallest absolute Gasteiger partial charge is 0.316 e. The van der Waals surface area contributed by atoms with E-state index in [2.05, 4.69) is 20.6 Å². The van der Waals surface area contributed by atoms with Gasteiger partial charge < -0.3 is 10.6 Å². The summed E-state index contributed by atoms with van der Waals surface area (Å²) in [6.45, 7) is -0.354. The summed E-state index contributed by atoms with van der Waals surface area (Å²) >= 11 is 0. The molecule has 2 N–H and O–H groups in total. The highest BCUT2D eigenvalue weighted by molar-refractivity contribution is 7.88. The van der Waals surface area contributed by atoms with Gasteiger partial charge in [0.15, 0.2) is 11.6 Å². The van der Waals surface area contributed by atoms with Crippen LogP contribution in [0.15, 0.2) is 24.4 Å². The molecule has 1 aliphatic rings. The number of anilines is 4. The zero-order valence-corrected chi connectivity index (χ0v) is 19.4. The first-order valence-electron chi connectivity index (χ1n) is 9.94. The second-order valence-corrected chi connectivity index (χ2v) is 10.7. The van der Waals surface area contributed by atoms with E-state index >= 15 is 0 Å². The number of nitrogens with zero attached hydrogens (tertiary/aromatic N) is 4. The summed E-state index contributed by atoms with van der Waals surface area (Å²) in [4.78, 5) is 20.0. The summed E-state index contributed by atoms with van der Waals surface area (Å²) in [5, 5.41) is 5.56. The molecule has 0 aliphatic carbocycles. The lowest BCUT2D eigenvalue weighted by Gasteiger charge is -2.35. The zero-order valence-electron chi connectivity index (χ0n) is 18.6. The van der Waals surface area contributed by atoms with Crippen molar-refractivity contribution in [3.05, 3.63) is 35.8 Å². The average molecular weight is 487 g/mol. The minimum atomic E-state index is -3.53. The van der Waals surface area contributed by atoms with Crippen LogP contribution in [0.25, 0.3) is 0 Å². The van der Waals surface area contributed by atoms with Crippen molar-refractivity contribution in [1.29, 1.82) is 0 Å². The highest BCUT2D eigenvalue weighted by Gasteiger charge is 2.32. The van der Waals surface area contributed by atoms with Crippen LogP contribution in [0.4, 0.5) is 36.3 Å². The Balaban J connectivity index is 1.88. The van der Waals surface area contributed by atoms with E-state index in [0.717, 1.165) is 16.8 Å². The number of hydrogen-bond acceptors (Lipinski definition) is 7. The second kappa shape index (κ2) is 9.14.